The summed E-state index contributed by atoms with van der Waals surface area (Å²) in [5.41, 5.74) is 0.891. The molecule has 2 aromatic rings. The highest BCUT2D eigenvalue weighted by molar-refractivity contribution is 7.89. The van der Waals surface area contributed by atoms with Gasteiger partial charge in [0.1, 0.15) is 10.7 Å². The maximum Gasteiger partial charge on any atom is 0.246 e. The van der Waals surface area contributed by atoms with Crippen LogP contribution in [0.3, 0.4) is 0 Å². The van der Waals surface area contributed by atoms with Crippen LogP contribution < -0.4 is 0 Å². The summed E-state index contributed by atoms with van der Waals surface area (Å²) in [7, 11) is -2.34. The summed E-state index contributed by atoms with van der Waals surface area (Å²) < 4.78 is 39.0. The Labute approximate surface area is 110 Å². The van der Waals surface area contributed by atoms with Crippen molar-refractivity contribution in [2.45, 2.75) is 11.4 Å². The number of sulfonamides is 1. The molecule has 1 heterocycles. The molecule has 18 heavy (non-hydrogen) atoms. The predicted molar refractivity (Wildman–Crippen MR) is 69.4 cm³/mol. The van der Waals surface area contributed by atoms with Gasteiger partial charge >= 0.3 is 0 Å². The summed E-state index contributed by atoms with van der Waals surface area (Å²) in [5.74, 6) is -0.727. The monoisotopic (exact) mass is 285 g/mol. The van der Waals surface area contributed by atoms with Crippen LogP contribution in [-0.2, 0) is 16.6 Å². The molecule has 0 unspecified atom stereocenters. The molecule has 3 nitrogen and oxygen atoms in total. The minimum Gasteiger partial charge on any atom is -0.207 e. The van der Waals surface area contributed by atoms with Crippen LogP contribution in [0.2, 0.25) is 0 Å². The molecule has 0 aliphatic rings. The number of halogens is 1. The summed E-state index contributed by atoms with van der Waals surface area (Å²) in [5, 5.41) is 3.74. The maximum atomic E-state index is 13.5. The van der Waals surface area contributed by atoms with Gasteiger partial charge in [-0.25, -0.2) is 12.8 Å². The first kappa shape index (κ1) is 13.2. The molecule has 1 aromatic heterocycles. The van der Waals surface area contributed by atoms with Crippen molar-refractivity contribution in [2.24, 2.45) is 0 Å². The van der Waals surface area contributed by atoms with E-state index in [9.17, 15) is 12.8 Å². The molecule has 0 spiro atoms. The van der Waals surface area contributed by atoms with Crippen molar-refractivity contribution in [3.05, 3.63) is 52.5 Å². The van der Waals surface area contributed by atoms with Gasteiger partial charge in [0.2, 0.25) is 10.0 Å². The van der Waals surface area contributed by atoms with Gasteiger partial charge in [-0.15, -0.1) is 0 Å². The molecule has 0 radical (unpaired) electrons. The standard InChI is InChI=1S/C12H12FNO2S2/c1-14(8-10-6-7-17-9-10)18(15,16)12-5-3-2-4-11(12)13/h2-7,9H,8H2,1H3. The first-order valence-corrected chi connectivity index (χ1v) is 7.62. The van der Waals surface area contributed by atoms with E-state index in [4.69, 9.17) is 0 Å². The number of nitrogens with zero attached hydrogens (tertiary/aromatic N) is 1. The predicted octanol–water partition coefficient (Wildman–Crippen LogP) is 2.71. The summed E-state index contributed by atoms with van der Waals surface area (Å²) in [4.78, 5) is -0.289. The molecule has 0 saturated heterocycles. The lowest BCUT2D eigenvalue weighted by Crippen LogP contribution is -2.27. The molecule has 0 N–H and O–H groups in total. The van der Waals surface area contributed by atoms with Crippen LogP contribution in [0.15, 0.2) is 46.0 Å². The lowest BCUT2D eigenvalue weighted by atomic mass is 10.3. The zero-order valence-electron chi connectivity index (χ0n) is 9.71. The number of hydrogen-bond donors (Lipinski definition) is 0. The molecule has 2 rings (SSSR count). The van der Waals surface area contributed by atoms with Gasteiger partial charge < -0.3 is 0 Å². The molecule has 0 fully saturated rings. The highest BCUT2D eigenvalue weighted by Crippen LogP contribution is 2.20. The molecule has 0 aliphatic heterocycles. The first-order chi connectivity index (χ1) is 8.51. The Bertz CT molecular complexity index is 623. The third-order valence-corrected chi connectivity index (χ3v) is 5.08. The summed E-state index contributed by atoms with van der Waals surface area (Å²) in [6.07, 6.45) is 0. The molecular formula is C12H12FNO2S2. The van der Waals surface area contributed by atoms with E-state index in [1.807, 2.05) is 16.8 Å². The number of thiophene rings is 1. The van der Waals surface area contributed by atoms with Crippen molar-refractivity contribution < 1.29 is 12.8 Å². The fraction of sp³-hybridized carbons (Fsp3) is 0.167. The van der Waals surface area contributed by atoms with E-state index in [-0.39, 0.29) is 11.4 Å². The second-order valence-corrected chi connectivity index (χ2v) is 6.62. The van der Waals surface area contributed by atoms with E-state index >= 15 is 0 Å². The van der Waals surface area contributed by atoms with Crippen LogP contribution in [-0.4, -0.2) is 19.8 Å². The maximum absolute atomic E-state index is 13.5. The van der Waals surface area contributed by atoms with Gasteiger partial charge in [-0.1, -0.05) is 12.1 Å². The van der Waals surface area contributed by atoms with Crippen molar-refractivity contribution in [1.29, 1.82) is 0 Å². The topological polar surface area (TPSA) is 37.4 Å². The molecule has 1 aromatic carbocycles. The molecule has 6 heteroatoms. The normalized spacial score (nSPS) is 11.9. The van der Waals surface area contributed by atoms with Crippen LogP contribution in [0.5, 0.6) is 0 Å². The van der Waals surface area contributed by atoms with Gasteiger partial charge in [-0.2, -0.15) is 15.6 Å². The quantitative estimate of drug-likeness (QED) is 0.866. The molecule has 0 amide bonds. The van der Waals surface area contributed by atoms with Crippen LogP contribution in [0.25, 0.3) is 0 Å². The van der Waals surface area contributed by atoms with Crippen LogP contribution in [0, 0.1) is 5.82 Å². The van der Waals surface area contributed by atoms with E-state index in [1.165, 1.54) is 36.6 Å². The van der Waals surface area contributed by atoms with Gasteiger partial charge in [-0.05, 0) is 34.5 Å². The molecule has 0 aliphatic carbocycles. The largest absolute Gasteiger partial charge is 0.246 e. The zero-order chi connectivity index (χ0) is 13.2. The minimum absolute atomic E-state index is 0.236. The number of rotatable bonds is 4. The first-order valence-electron chi connectivity index (χ1n) is 5.24. The van der Waals surface area contributed by atoms with Crippen molar-refractivity contribution in [2.75, 3.05) is 7.05 Å². The summed E-state index contributed by atoms with van der Waals surface area (Å²) in [6.45, 7) is 0.236. The van der Waals surface area contributed by atoms with Gasteiger partial charge in [0, 0.05) is 13.6 Å². The lowest BCUT2D eigenvalue weighted by molar-refractivity contribution is 0.460. The SMILES string of the molecule is CN(Cc1ccsc1)S(=O)(=O)c1ccccc1F. The smallest absolute Gasteiger partial charge is 0.207 e. The highest BCUT2D eigenvalue weighted by Gasteiger charge is 2.24. The lowest BCUT2D eigenvalue weighted by Gasteiger charge is -2.16. The van der Waals surface area contributed by atoms with Crippen molar-refractivity contribution in [3.8, 4) is 0 Å². The average molecular weight is 285 g/mol. The van der Waals surface area contributed by atoms with Crippen molar-refractivity contribution in [1.82, 2.24) is 4.31 Å². The third-order valence-electron chi connectivity index (χ3n) is 2.51. The Morgan fingerprint density at radius 3 is 2.61 bits per heavy atom. The van der Waals surface area contributed by atoms with Crippen molar-refractivity contribution in [3.63, 3.8) is 0 Å². The Hall–Kier alpha value is -1.24. The fourth-order valence-electron chi connectivity index (χ4n) is 1.55. The Morgan fingerprint density at radius 1 is 1.28 bits per heavy atom. The minimum atomic E-state index is -3.78. The van der Waals surface area contributed by atoms with Crippen molar-refractivity contribution >= 4 is 21.4 Å². The average Bonchev–Trinajstić information content (AvgIpc) is 2.82. The number of hydrogen-bond acceptors (Lipinski definition) is 3. The van der Waals surface area contributed by atoms with E-state index in [0.717, 1.165) is 15.9 Å². The molecular weight excluding hydrogens is 273 g/mol. The van der Waals surface area contributed by atoms with E-state index in [2.05, 4.69) is 0 Å². The van der Waals surface area contributed by atoms with Crippen LogP contribution in [0.4, 0.5) is 4.39 Å². The summed E-state index contributed by atoms with van der Waals surface area (Å²) >= 11 is 1.50. The van der Waals surface area contributed by atoms with E-state index in [0.29, 0.717) is 0 Å². The van der Waals surface area contributed by atoms with E-state index in [1.54, 1.807) is 0 Å². The molecule has 0 atom stereocenters. The zero-order valence-corrected chi connectivity index (χ0v) is 11.3. The van der Waals surface area contributed by atoms with Gasteiger partial charge in [0.05, 0.1) is 0 Å². The highest BCUT2D eigenvalue weighted by atomic mass is 32.2. The Kier molecular flexibility index (Phi) is 3.79. The van der Waals surface area contributed by atoms with Gasteiger partial charge in [-0.3, -0.25) is 0 Å². The van der Waals surface area contributed by atoms with E-state index < -0.39 is 15.8 Å². The second kappa shape index (κ2) is 5.17. The third kappa shape index (κ3) is 2.60. The Balaban J connectivity index is 2.29. The van der Waals surface area contributed by atoms with Crippen LogP contribution in [0.1, 0.15) is 5.56 Å². The fourth-order valence-corrected chi connectivity index (χ4v) is 3.43. The summed E-state index contributed by atoms with van der Waals surface area (Å²) in [6, 6.07) is 7.24. The van der Waals surface area contributed by atoms with Gasteiger partial charge in [0.25, 0.3) is 0 Å². The molecule has 0 saturated carbocycles. The van der Waals surface area contributed by atoms with Crippen LogP contribution >= 0.6 is 11.3 Å². The second-order valence-electron chi connectivity index (χ2n) is 3.82. The Morgan fingerprint density at radius 2 is 2.00 bits per heavy atom. The molecule has 0 bridgehead atoms. The van der Waals surface area contributed by atoms with Gasteiger partial charge in [0.15, 0.2) is 0 Å². The molecule has 96 valence electrons. The number of benzene rings is 1.